The molecule has 5 aromatic rings. The summed E-state index contributed by atoms with van der Waals surface area (Å²) in [4.78, 5) is 27.6. The van der Waals surface area contributed by atoms with E-state index in [1.807, 2.05) is 60.2 Å². The molecule has 0 fully saturated rings. The number of hydrogen-bond acceptors (Lipinski definition) is 5. The molecule has 0 spiro atoms. The number of nitrogens with zero attached hydrogens (tertiary/aromatic N) is 3. The molecule has 3 aromatic heterocycles. The van der Waals surface area contributed by atoms with Crippen molar-refractivity contribution in [2.45, 2.75) is 13.0 Å². The molecule has 32 heavy (non-hydrogen) atoms. The lowest BCUT2D eigenvalue weighted by atomic mass is 10.1. The van der Waals surface area contributed by atoms with Crippen LogP contribution in [0.3, 0.4) is 0 Å². The van der Waals surface area contributed by atoms with Crippen LogP contribution in [0.25, 0.3) is 28.1 Å². The zero-order valence-corrected chi connectivity index (χ0v) is 17.4. The van der Waals surface area contributed by atoms with E-state index in [1.54, 1.807) is 24.8 Å². The average Bonchev–Trinajstić information content (AvgIpc) is 3.48. The predicted molar refractivity (Wildman–Crippen MR) is 124 cm³/mol. The zero-order valence-electron chi connectivity index (χ0n) is 17.4. The molecule has 0 saturated carbocycles. The minimum absolute atomic E-state index is 0.254. The standard InChI is InChI=1S/C24H22N6O2/c1-15-11-17(30-10-9-25-14-30)12-19-22(15)29-23(28-19)21-18(7-8-26-24(21)32)27-13-20(31)16-5-3-2-4-6-16/h2-12,14,20,31H,13H2,1H3,(H,28,29)(H2,26,27,32). The minimum atomic E-state index is -0.709. The number of rotatable bonds is 6. The molecule has 2 aromatic carbocycles. The SMILES string of the molecule is Cc1cc(-n2ccnc2)cc2[nH]c(-c3c(NCC(O)c4ccccc4)cc[nH]c3=O)nc12. The van der Waals surface area contributed by atoms with E-state index < -0.39 is 6.10 Å². The van der Waals surface area contributed by atoms with Crippen LogP contribution in [0.1, 0.15) is 17.2 Å². The van der Waals surface area contributed by atoms with Crippen LogP contribution in [-0.4, -0.2) is 36.2 Å². The number of aliphatic hydroxyl groups excluding tert-OH is 1. The lowest BCUT2D eigenvalue weighted by Crippen LogP contribution is -2.17. The number of nitrogens with one attached hydrogen (secondary N) is 3. The van der Waals surface area contributed by atoms with Gasteiger partial charge in [0.05, 0.1) is 29.2 Å². The van der Waals surface area contributed by atoms with Crippen molar-refractivity contribution in [3.8, 4) is 17.1 Å². The lowest BCUT2D eigenvalue weighted by molar-refractivity contribution is 0.191. The van der Waals surface area contributed by atoms with Crippen LogP contribution in [0.2, 0.25) is 0 Å². The number of H-pyrrole nitrogens is 2. The van der Waals surface area contributed by atoms with Gasteiger partial charge < -0.3 is 25.0 Å². The number of fused-ring (bicyclic) bond motifs is 1. The van der Waals surface area contributed by atoms with Gasteiger partial charge in [-0.3, -0.25) is 4.79 Å². The Bertz CT molecular complexity index is 1420. The van der Waals surface area contributed by atoms with Crippen molar-refractivity contribution < 1.29 is 5.11 Å². The second-order valence-corrected chi connectivity index (χ2v) is 7.62. The molecule has 0 amide bonds. The Kier molecular flexibility index (Phi) is 5.04. The van der Waals surface area contributed by atoms with E-state index in [4.69, 9.17) is 4.98 Å². The molecule has 0 aliphatic heterocycles. The molecular formula is C24H22N6O2. The third kappa shape index (κ3) is 3.67. The van der Waals surface area contributed by atoms with E-state index in [2.05, 4.69) is 20.3 Å². The van der Waals surface area contributed by atoms with Crippen LogP contribution in [0.15, 0.2) is 78.2 Å². The number of aromatic amines is 2. The summed E-state index contributed by atoms with van der Waals surface area (Å²) in [6, 6.07) is 15.2. The van der Waals surface area contributed by atoms with Crippen molar-refractivity contribution in [1.82, 2.24) is 24.5 Å². The molecule has 8 heteroatoms. The number of anilines is 1. The number of pyridine rings is 1. The fourth-order valence-corrected chi connectivity index (χ4v) is 3.81. The summed E-state index contributed by atoms with van der Waals surface area (Å²) in [5.74, 6) is 0.462. The Hall–Kier alpha value is -4.17. The maximum absolute atomic E-state index is 12.7. The molecule has 0 aliphatic rings. The maximum Gasteiger partial charge on any atom is 0.261 e. The van der Waals surface area contributed by atoms with Crippen LogP contribution in [0, 0.1) is 6.92 Å². The van der Waals surface area contributed by atoms with Crippen LogP contribution < -0.4 is 10.9 Å². The van der Waals surface area contributed by atoms with Gasteiger partial charge in [-0.2, -0.15) is 0 Å². The van der Waals surface area contributed by atoms with Gasteiger partial charge in [0.25, 0.3) is 5.56 Å². The highest BCUT2D eigenvalue weighted by atomic mass is 16.3. The van der Waals surface area contributed by atoms with Gasteiger partial charge in [0.15, 0.2) is 0 Å². The van der Waals surface area contributed by atoms with Gasteiger partial charge in [0, 0.05) is 30.8 Å². The monoisotopic (exact) mass is 426 g/mol. The summed E-state index contributed by atoms with van der Waals surface area (Å²) in [7, 11) is 0. The molecule has 0 saturated heterocycles. The summed E-state index contributed by atoms with van der Waals surface area (Å²) >= 11 is 0. The highest BCUT2D eigenvalue weighted by Crippen LogP contribution is 2.28. The Morgan fingerprint density at radius 3 is 2.81 bits per heavy atom. The van der Waals surface area contributed by atoms with Crippen LogP contribution >= 0.6 is 0 Å². The van der Waals surface area contributed by atoms with Gasteiger partial charge >= 0.3 is 0 Å². The molecule has 5 rings (SSSR count). The van der Waals surface area contributed by atoms with Crippen LogP contribution in [0.5, 0.6) is 0 Å². The fraction of sp³-hybridized carbons (Fsp3) is 0.125. The second-order valence-electron chi connectivity index (χ2n) is 7.62. The molecule has 3 heterocycles. The van der Waals surface area contributed by atoms with Gasteiger partial charge in [0.1, 0.15) is 11.4 Å². The van der Waals surface area contributed by atoms with Gasteiger partial charge in [-0.05, 0) is 36.2 Å². The van der Waals surface area contributed by atoms with Gasteiger partial charge in [-0.25, -0.2) is 9.97 Å². The lowest BCUT2D eigenvalue weighted by Gasteiger charge is -2.14. The third-order valence-corrected chi connectivity index (χ3v) is 5.43. The normalized spacial score (nSPS) is 12.2. The zero-order chi connectivity index (χ0) is 22.1. The first-order valence-corrected chi connectivity index (χ1v) is 10.3. The summed E-state index contributed by atoms with van der Waals surface area (Å²) in [6.07, 6.45) is 6.20. The van der Waals surface area contributed by atoms with E-state index in [0.717, 1.165) is 27.8 Å². The van der Waals surface area contributed by atoms with Crippen LogP contribution in [0.4, 0.5) is 5.69 Å². The largest absolute Gasteiger partial charge is 0.387 e. The van der Waals surface area contributed by atoms with Crippen molar-refractivity contribution in [3.05, 3.63) is 94.9 Å². The Labute approximate surface area is 183 Å². The van der Waals surface area contributed by atoms with Gasteiger partial charge in [-0.1, -0.05) is 30.3 Å². The number of aliphatic hydroxyl groups is 1. The van der Waals surface area contributed by atoms with Gasteiger partial charge in [0.2, 0.25) is 0 Å². The van der Waals surface area contributed by atoms with Crippen molar-refractivity contribution >= 4 is 16.7 Å². The van der Waals surface area contributed by atoms with E-state index in [-0.39, 0.29) is 12.1 Å². The summed E-state index contributed by atoms with van der Waals surface area (Å²) < 4.78 is 1.92. The summed E-state index contributed by atoms with van der Waals surface area (Å²) in [6.45, 7) is 2.24. The van der Waals surface area contributed by atoms with E-state index in [1.165, 1.54) is 0 Å². The van der Waals surface area contributed by atoms with Crippen molar-refractivity contribution in [1.29, 1.82) is 0 Å². The first kappa shape index (κ1) is 19.8. The van der Waals surface area contributed by atoms with Crippen LogP contribution in [-0.2, 0) is 0 Å². The van der Waals surface area contributed by atoms with E-state index in [0.29, 0.717) is 17.1 Å². The third-order valence-electron chi connectivity index (χ3n) is 5.43. The molecule has 1 atom stereocenters. The van der Waals surface area contributed by atoms with E-state index >= 15 is 0 Å². The highest BCUT2D eigenvalue weighted by molar-refractivity contribution is 5.86. The maximum atomic E-state index is 12.7. The number of benzene rings is 2. The molecule has 4 N–H and O–H groups in total. The van der Waals surface area contributed by atoms with Crippen molar-refractivity contribution in [3.63, 3.8) is 0 Å². The number of hydrogen-bond donors (Lipinski definition) is 4. The second kappa shape index (κ2) is 8.16. The minimum Gasteiger partial charge on any atom is -0.387 e. The summed E-state index contributed by atoms with van der Waals surface area (Å²) in [5.41, 5.74) is 5.07. The topological polar surface area (TPSA) is 112 Å². The first-order chi connectivity index (χ1) is 15.6. The molecule has 160 valence electrons. The summed E-state index contributed by atoms with van der Waals surface area (Å²) in [5, 5.41) is 13.7. The Balaban J connectivity index is 1.51. The number of aryl methyl sites for hydroxylation is 1. The van der Waals surface area contributed by atoms with E-state index in [9.17, 15) is 9.90 Å². The molecule has 0 radical (unpaired) electrons. The fourth-order valence-electron chi connectivity index (χ4n) is 3.81. The Morgan fingerprint density at radius 2 is 2.03 bits per heavy atom. The Morgan fingerprint density at radius 1 is 1.19 bits per heavy atom. The molecule has 0 bridgehead atoms. The molecular weight excluding hydrogens is 404 g/mol. The van der Waals surface area contributed by atoms with Gasteiger partial charge in [-0.15, -0.1) is 0 Å². The number of aromatic nitrogens is 5. The highest BCUT2D eigenvalue weighted by Gasteiger charge is 2.17. The average molecular weight is 426 g/mol. The number of imidazole rings is 2. The van der Waals surface area contributed by atoms with Crippen molar-refractivity contribution in [2.75, 3.05) is 11.9 Å². The predicted octanol–water partition coefficient (Wildman–Crippen LogP) is 3.56. The molecule has 8 nitrogen and oxygen atoms in total. The first-order valence-electron chi connectivity index (χ1n) is 10.3. The smallest absolute Gasteiger partial charge is 0.261 e. The quantitative estimate of drug-likeness (QED) is 0.332. The molecule has 0 aliphatic carbocycles. The molecule has 1 unspecified atom stereocenters. The van der Waals surface area contributed by atoms with Crippen molar-refractivity contribution in [2.24, 2.45) is 0 Å².